The van der Waals surface area contributed by atoms with E-state index in [9.17, 15) is 4.79 Å². The van der Waals surface area contributed by atoms with Crippen LogP contribution in [0.1, 0.15) is 5.76 Å². The molecule has 58 valence electrons. The van der Waals surface area contributed by atoms with Crippen LogP contribution in [-0.4, -0.2) is 11.1 Å². The maximum Gasteiger partial charge on any atom is 0.267 e. The number of carbonyl (C=O) groups is 1. The number of carbonyl (C=O) groups excluding carboxylic acids is 1. The Bertz CT molecular complexity index is 251. The number of amides is 1. The molecule has 1 aromatic rings. The van der Waals surface area contributed by atoms with Gasteiger partial charge in [-0.2, -0.15) is 0 Å². The van der Waals surface area contributed by atoms with Gasteiger partial charge in [-0.25, -0.2) is 5.48 Å². The molecule has 1 amide bonds. The molecule has 0 spiro atoms. The van der Waals surface area contributed by atoms with Gasteiger partial charge in [0.2, 0.25) is 0 Å². The van der Waals surface area contributed by atoms with Crippen molar-refractivity contribution in [1.29, 1.82) is 0 Å². The molecule has 0 saturated carbocycles. The average molecular weight is 153 g/mol. The molecule has 0 aliphatic carbocycles. The van der Waals surface area contributed by atoms with Crippen molar-refractivity contribution < 1.29 is 14.4 Å². The van der Waals surface area contributed by atoms with Crippen LogP contribution in [0.15, 0.2) is 28.9 Å². The monoisotopic (exact) mass is 153 g/mol. The van der Waals surface area contributed by atoms with Gasteiger partial charge in [0.25, 0.3) is 5.91 Å². The van der Waals surface area contributed by atoms with Gasteiger partial charge in [0.15, 0.2) is 0 Å². The predicted molar refractivity (Wildman–Crippen MR) is 37.7 cm³/mol. The lowest BCUT2D eigenvalue weighted by Gasteiger charge is -1.86. The molecular formula is C7H7NO3. The van der Waals surface area contributed by atoms with E-state index in [1.165, 1.54) is 23.9 Å². The predicted octanol–water partition coefficient (Wildman–Crippen LogP) is 0.798. The maximum atomic E-state index is 10.4. The van der Waals surface area contributed by atoms with Crippen LogP contribution >= 0.6 is 0 Å². The Balaban J connectivity index is 2.55. The lowest BCUT2D eigenvalue weighted by atomic mass is 10.4. The van der Waals surface area contributed by atoms with Crippen LogP contribution in [0.25, 0.3) is 6.08 Å². The summed E-state index contributed by atoms with van der Waals surface area (Å²) in [6.45, 7) is 0. The standard InChI is InChI=1S/C7H7NO3/c9-7(8-10)4-3-6-2-1-5-11-6/h1-5,10H,(H,8,9). The first-order valence-electron chi connectivity index (χ1n) is 2.98. The molecule has 0 aliphatic rings. The first-order valence-corrected chi connectivity index (χ1v) is 2.98. The SMILES string of the molecule is O=C(C=Cc1ccco1)NO. The molecule has 0 bridgehead atoms. The van der Waals surface area contributed by atoms with Gasteiger partial charge >= 0.3 is 0 Å². The average Bonchev–Trinajstić information content (AvgIpc) is 2.52. The minimum atomic E-state index is -0.582. The lowest BCUT2D eigenvalue weighted by Crippen LogP contribution is -2.14. The number of nitrogens with one attached hydrogen (secondary N) is 1. The number of hydroxylamine groups is 1. The molecule has 0 saturated heterocycles. The van der Waals surface area contributed by atoms with Gasteiger partial charge in [-0.05, 0) is 18.2 Å². The molecule has 2 N–H and O–H groups in total. The van der Waals surface area contributed by atoms with Crippen molar-refractivity contribution in [3.05, 3.63) is 30.2 Å². The van der Waals surface area contributed by atoms with E-state index in [4.69, 9.17) is 9.62 Å². The Morgan fingerprint density at radius 1 is 1.73 bits per heavy atom. The largest absolute Gasteiger partial charge is 0.465 e. The molecule has 1 rings (SSSR count). The Labute approximate surface area is 63.1 Å². The molecule has 0 aromatic carbocycles. The summed E-state index contributed by atoms with van der Waals surface area (Å²) >= 11 is 0. The van der Waals surface area contributed by atoms with Crippen molar-refractivity contribution in [2.24, 2.45) is 0 Å². The van der Waals surface area contributed by atoms with E-state index in [0.29, 0.717) is 5.76 Å². The van der Waals surface area contributed by atoms with Gasteiger partial charge in [0.05, 0.1) is 6.26 Å². The van der Waals surface area contributed by atoms with Gasteiger partial charge in [0, 0.05) is 6.08 Å². The van der Waals surface area contributed by atoms with E-state index in [0.717, 1.165) is 0 Å². The summed E-state index contributed by atoms with van der Waals surface area (Å²) < 4.78 is 4.88. The summed E-state index contributed by atoms with van der Waals surface area (Å²) in [4.78, 5) is 10.4. The summed E-state index contributed by atoms with van der Waals surface area (Å²) in [5.74, 6) is -0.0185. The Kier molecular flexibility index (Phi) is 2.46. The highest BCUT2D eigenvalue weighted by Crippen LogP contribution is 2.01. The zero-order valence-electron chi connectivity index (χ0n) is 5.65. The molecule has 4 nitrogen and oxygen atoms in total. The quantitative estimate of drug-likeness (QED) is 0.375. The third-order valence-corrected chi connectivity index (χ3v) is 1.05. The highest BCUT2D eigenvalue weighted by atomic mass is 16.5. The smallest absolute Gasteiger partial charge is 0.267 e. The maximum absolute atomic E-state index is 10.4. The van der Waals surface area contributed by atoms with E-state index in [1.807, 2.05) is 0 Å². The second-order valence-electron chi connectivity index (χ2n) is 1.82. The highest BCUT2D eigenvalue weighted by Gasteiger charge is 1.91. The molecule has 11 heavy (non-hydrogen) atoms. The Morgan fingerprint density at radius 2 is 2.55 bits per heavy atom. The zero-order valence-corrected chi connectivity index (χ0v) is 5.65. The molecule has 1 heterocycles. The van der Waals surface area contributed by atoms with Crippen LogP contribution in [0.4, 0.5) is 0 Å². The third kappa shape index (κ3) is 2.27. The first kappa shape index (κ1) is 7.56. The van der Waals surface area contributed by atoms with E-state index in [-0.39, 0.29) is 0 Å². The fourth-order valence-electron chi connectivity index (χ4n) is 0.581. The van der Waals surface area contributed by atoms with Crippen molar-refractivity contribution in [3.8, 4) is 0 Å². The van der Waals surface area contributed by atoms with E-state index < -0.39 is 5.91 Å². The van der Waals surface area contributed by atoms with Crippen molar-refractivity contribution >= 4 is 12.0 Å². The van der Waals surface area contributed by atoms with Crippen molar-refractivity contribution in [2.45, 2.75) is 0 Å². The molecule has 0 unspecified atom stereocenters. The molecule has 0 fully saturated rings. The van der Waals surface area contributed by atoms with E-state index in [1.54, 1.807) is 12.1 Å². The summed E-state index contributed by atoms with van der Waals surface area (Å²) in [5, 5.41) is 8.08. The van der Waals surface area contributed by atoms with Crippen LogP contribution in [0.5, 0.6) is 0 Å². The molecule has 0 radical (unpaired) electrons. The van der Waals surface area contributed by atoms with Crippen LogP contribution in [0.3, 0.4) is 0 Å². The minimum absolute atomic E-state index is 0.564. The number of furan rings is 1. The number of hydrogen-bond acceptors (Lipinski definition) is 3. The van der Waals surface area contributed by atoms with E-state index >= 15 is 0 Å². The minimum Gasteiger partial charge on any atom is -0.465 e. The van der Waals surface area contributed by atoms with Gasteiger partial charge in [0.1, 0.15) is 5.76 Å². The molecule has 4 heteroatoms. The van der Waals surface area contributed by atoms with Gasteiger partial charge < -0.3 is 4.42 Å². The van der Waals surface area contributed by atoms with Gasteiger partial charge in [-0.3, -0.25) is 10.0 Å². The zero-order chi connectivity index (χ0) is 8.10. The Morgan fingerprint density at radius 3 is 3.09 bits per heavy atom. The molecule has 1 aromatic heterocycles. The number of rotatable bonds is 2. The highest BCUT2D eigenvalue weighted by molar-refractivity contribution is 5.90. The van der Waals surface area contributed by atoms with Gasteiger partial charge in [-0.1, -0.05) is 0 Å². The summed E-state index contributed by atoms with van der Waals surface area (Å²) in [7, 11) is 0. The lowest BCUT2D eigenvalue weighted by molar-refractivity contribution is -0.124. The second kappa shape index (κ2) is 3.58. The van der Waals surface area contributed by atoms with E-state index in [2.05, 4.69) is 0 Å². The summed E-state index contributed by atoms with van der Waals surface area (Å²) in [5.41, 5.74) is 1.46. The normalized spacial score (nSPS) is 10.3. The second-order valence-corrected chi connectivity index (χ2v) is 1.82. The Hall–Kier alpha value is -1.55. The van der Waals surface area contributed by atoms with Crippen molar-refractivity contribution in [1.82, 2.24) is 5.48 Å². The first-order chi connectivity index (χ1) is 5.33. The molecule has 0 aliphatic heterocycles. The number of hydrogen-bond donors (Lipinski definition) is 2. The van der Waals surface area contributed by atoms with Crippen LogP contribution in [0, 0.1) is 0 Å². The molecular weight excluding hydrogens is 146 g/mol. The van der Waals surface area contributed by atoms with Crippen LogP contribution in [0.2, 0.25) is 0 Å². The van der Waals surface area contributed by atoms with Gasteiger partial charge in [-0.15, -0.1) is 0 Å². The third-order valence-electron chi connectivity index (χ3n) is 1.05. The van der Waals surface area contributed by atoms with Crippen LogP contribution < -0.4 is 5.48 Å². The molecule has 0 atom stereocenters. The summed E-state index contributed by atoms with van der Waals surface area (Å²) in [6, 6.07) is 3.40. The fraction of sp³-hybridized carbons (Fsp3) is 0. The van der Waals surface area contributed by atoms with Crippen molar-refractivity contribution in [3.63, 3.8) is 0 Å². The summed E-state index contributed by atoms with van der Waals surface area (Å²) in [6.07, 6.45) is 4.11. The fourth-order valence-corrected chi connectivity index (χ4v) is 0.581. The topological polar surface area (TPSA) is 62.5 Å². The van der Waals surface area contributed by atoms with Crippen LogP contribution in [-0.2, 0) is 4.79 Å². The van der Waals surface area contributed by atoms with Crippen molar-refractivity contribution in [2.75, 3.05) is 0 Å².